The average Bonchev–Trinajstić information content (AvgIpc) is 2.75. The number of hydrogen-bond donors (Lipinski definition) is 2. The van der Waals surface area contributed by atoms with E-state index < -0.39 is 5.97 Å². The molecule has 0 aromatic carbocycles. The first-order valence-corrected chi connectivity index (χ1v) is 5.31. The normalized spacial score (nSPS) is 10.5. The number of carboxylic acids is 1. The number of hydrogen-bond acceptors (Lipinski definition) is 5. The molecule has 0 atom stereocenters. The molecule has 2 heterocycles. The van der Waals surface area contributed by atoms with Crippen molar-refractivity contribution in [2.45, 2.75) is 19.8 Å². The lowest BCUT2D eigenvalue weighted by Gasteiger charge is -1.94. The van der Waals surface area contributed by atoms with Gasteiger partial charge in [-0.15, -0.1) is 0 Å². The molecule has 0 saturated carbocycles. The summed E-state index contributed by atoms with van der Waals surface area (Å²) in [5, 5.41) is 12.2. The molecule has 0 aliphatic heterocycles. The van der Waals surface area contributed by atoms with Crippen molar-refractivity contribution in [3.05, 3.63) is 34.1 Å². The van der Waals surface area contributed by atoms with Crippen LogP contribution in [0.3, 0.4) is 0 Å². The summed E-state index contributed by atoms with van der Waals surface area (Å²) in [5.74, 6) is -0.577. The third kappa shape index (κ3) is 2.62. The third-order valence-corrected chi connectivity index (χ3v) is 2.32. The summed E-state index contributed by atoms with van der Waals surface area (Å²) in [6, 6.07) is 3.32. The summed E-state index contributed by atoms with van der Waals surface area (Å²) >= 11 is 0. The number of H-pyrrole nitrogens is 1. The molecule has 2 N–H and O–H groups in total. The third-order valence-electron chi connectivity index (χ3n) is 2.32. The van der Waals surface area contributed by atoms with Crippen molar-refractivity contribution in [1.29, 1.82) is 0 Å². The van der Waals surface area contributed by atoms with E-state index in [2.05, 4.69) is 15.1 Å². The Morgan fingerprint density at radius 1 is 1.50 bits per heavy atom. The molecule has 18 heavy (non-hydrogen) atoms. The van der Waals surface area contributed by atoms with Gasteiger partial charge in [0.25, 0.3) is 5.56 Å². The lowest BCUT2D eigenvalue weighted by molar-refractivity contribution is -0.137. The molecule has 0 aliphatic carbocycles. The van der Waals surface area contributed by atoms with Gasteiger partial charge in [-0.05, 0) is 19.1 Å². The topological polar surface area (TPSA) is 109 Å². The number of nitrogens with one attached hydrogen (secondary N) is 1. The van der Waals surface area contributed by atoms with Crippen LogP contribution >= 0.6 is 0 Å². The van der Waals surface area contributed by atoms with Crippen LogP contribution in [0.25, 0.3) is 11.4 Å². The van der Waals surface area contributed by atoms with Crippen molar-refractivity contribution >= 4 is 5.97 Å². The lowest BCUT2D eigenvalue weighted by Crippen LogP contribution is -2.10. The van der Waals surface area contributed by atoms with Crippen LogP contribution in [0.1, 0.15) is 18.0 Å². The molecule has 0 spiro atoms. The predicted molar refractivity (Wildman–Crippen MR) is 61.0 cm³/mol. The van der Waals surface area contributed by atoms with Crippen molar-refractivity contribution in [1.82, 2.24) is 15.1 Å². The van der Waals surface area contributed by atoms with E-state index in [-0.39, 0.29) is 30.1 Å². The van der Waals surface area contributed by atoms with Gasteiger partial charge in [-0.3, -0.25) is 9.59 Å². The lowest BCUT2D eigenvalue weighted by atomic mass is 10.2. The first-order valence-electron chi connectivity index (χ1n) is 5.31. The van der Waals surface area contributed by atoms with Gasteiger partial charge in [-0.1, -0.05) is 5.16 Å². The van der Waals surface area contributed by atoms with Crippen molar-refractivity contribution < 1.29 is 14.4 Å². The Balaban J connectivity index is 2.24. The summed E-state index contributed by atoms with van der Waals surface area (Å²) in [7, 11) is 0. The van der Waals surface area contributed by atoms with Gasteiger partial charge in [0.05, 0.1) is 12.0 Å². The molecule has 2 rings (SSSR count). The van der Waals surface area contributed by atoms with Crippen LogP contribution in [-0.4, -0.2) is 26.2 Å². The van der Waals surface area contributed by atoms with Gasteiger partial charge in [0.2, 0.25) is 11.7 Å². The van der Waals surface area contributed by atoms with E-state index >= 15 is 0 Å². The Morgan fingerprint density at radius 2 is 2.28 bits per heavy atom. The first kappa shape index (κ1) is 12.0. The number of nitrogens with zero attached hydrogens (tertiary/aromatic N) is 2. The van der Waals surface area contributed by atoms with E-state index in [0.29, 0.717) is 5.56 Å². The number of rotatable bonds is 4. The number of aromatic nitrogens is 3. The zero-order valence-corrected chi connectivity index (χ0v) is 9.64. The molecular formula is C11H11N3O4. The number of carboxylic acid groups (broad SMARTS) is 1. The van der Waals surface area contributed by atoms with Gasteiger partial charge < -0.3 is 14.6 Å². The number of aromatic amines is 1. The highest BCUT2D eigenvalue weighted by molar-refractivity contribution is 5.66. The SMILES string of the molecule is Cc1ccc(-c2noc(CCC(=O)O)n2)c(=O)[nH]1. The molecule has 0 unspecified atom stereocenters. The molecule has 0 amide bonds. The van der Waals surface area contributed by atoms with Gasteiger partial charge in [-0.25, -0.2) is 0 Å². The molecule has 7 heteroatoms. The highest BCUT2D eigenvalue weighted by atomic mass is 16.5. The average molecular weight is 249 g/mol. The maximum Gasteiger partial charge on any atom is 0.303 e. The van der Waals surface area contributed by atoms with E-state index in [9.17, 15) is 9.59 Å². The van der Waals surface area contributed by atoms with E-state index in [4.69, 9.17) is 9.63 Å². The second kappa shape index (κ2) is 4.82. The smallest absolute Gasteiger partial charge is 0.303 e. The Bertz CT molecular complexity index is 629. The number of pyridine rings is 1. The van der Waals surface area contributed by atoms with Crippen molar-refractivity contribution in [3.63, 3.8) is 0 Å². The van der Waals surface area contributed by atoms with Gasteiger partial charge in [0.15, 0.2) is 0 Å². The molecule has 0 aliphatic rings. The summed E-state index contributed by atoms with van der Waals surface area (Å²) in [6.45, 7) is 1.76. The Hall–Kier alpha value is -2.44. The summed E-state index contributed by atoms with van der Waals surface area (Å²) in [6.07, 6.45) is 0.0536. The molecule has 0 bridgehead atoms. The van der Waals surface area contributed by atoms with Crippen LogP contribution < -0.4 is 5.56 Å². The minimum atomic E-state index is -0.942. The van der Waals surface area contributed by atoms with Crippen molar-refractivity contribution in [3.8, 4) is 11.4 Å². The zero-order chi connectivity index (χ0) is 13.1. The van der Waals surface area contributed by atoms with E-state index in [1.54, 1.807) is 19.1 Å². The largest absolute Gasteiger partial charge is 0.481 e. The summed E-state index contributed by atoms with van der Waals surface area (Å²) in [5.41, 5.74) is 0.727. The minimum absolute atomic E-state index is 0.0914. The maximum atomic E-state index is 11.6. The van der Waals surface area contributed by atoms with E-state index in [1.165, 1.54) is 0 Å². The molecule has 7 nitrogen and oxygen atoms in total. The van der Waals surface area contributed by atoms with E-state index in [1.807, 2.05) is 0 Å². The highest BCUT2D eigenvalue weighted by Crippen LogP contribution is 2.11. The summed E-state index contributed by atoms with van der Waals surface area (Å²) in [4.78, 5) is 28.6. The Labute approximate surface area is 101 Å². The molecule has 0 saturated heterocycles. The molecule has 0 fully saturated rings. The van der Waals surface area contributed by atoms with Gasteiger partial charge in [-0.2, -0.15) is 4.98 Å². The van der Waals surface area contributed by atoms with Crippen LogP contribution in [0.4, 0.5) is 0 Å². The van der Waals surface area contributed by atoms with Crippen LogP contribution in [0, 0.1) is 6.92 Å². The first-order chi connectivity index (χ1) is 8.56. The number of aryl methyl sites for hydroxylation is 2. The van der Waals surface area contributed by atoms with Gasteiger partial charge in [0, 0.05) is 12.1 Å². The summed E-state index contributed by atoms with van der Waals surface area (Å²) < 4.78 is 4.88. The highest BCUT2D eigenvalue weighted by Gasteiger charge is 2.12. The van der Waals surface area contributed by atoms with Crippen LogP contribution in [0.15, 0.2) is 21.5 Å². The number of aliphatic carboxylic acids is 1. The predicted octanol–water partition coefficient (Wildman–Crippen LogP) is 0.751. The zero-order valence-electron chi connectivity index (χ0n) is 9.64. The standard InChI is InChI=1S/C11H11N3O4/c1-6-2-3-7(11(17)12-6)10-13-8(18-14-10)4-5-9(15)16/h2-3H,4-5H2,1H3,(H,12,17)(H,15,16). The van der Waals surface area contributed by atoms with Crippen molar-refractivity contribution in [2.75, 3.05) is 0 Å². The fraction of sp³-hybridized carbons (Fsp3) is 0.273. The monoisotopic (exact) mass is 249 g/mol. The van der Waals surface area contributed by atoms with Gasteiger partial charge >= 0.3 is 5.97 Å². The molecule has 2 aromatic rings. The second-order valence-electron chi connectivity index (χ2n) is 3.79. The number of carbonyl (C=O) groups is 1. The van der Waals surface area contributed by atoms with E-state index in [0.717, 1.165) is 5.69 Å². The minimum Gasteiger partial charge on any atom is -0.481 e. The molecule has 2 aromatic heterocycles. The molecule has 0 radical (unpaired) electrons. The Morgan fingerprint density at radius 3 is 2.94 bits per heavy atom. The quantitative estimate of drug-likeness (QED) is 0.827. The van der Waals surface area contributed by atoms with Crippen molar-refractivity contribution in [2.24, 2.45) is 0 Å². The van der Waals surface area contributed by atoms with Crippen LogP contribution in [-0.2, 0) is 11.2 Å². The molecular weight excluding hydrogens is 238 g/mol. The van der Waals surface area contributed by atoms with Gasteiger partial charge in [0.1, 0.15) is 0 Å². The van der Waals surface area contributed by atoms with Crippen LogP contribution in [0.2, 0.25) is 0 Å². The molecule has 94 valence electrons. The fourth-order valence-electron chi connectivity index (χ4n) is 1.43. The van der Waals surface area contributed by atoms with Crippen LogP contribution in [0.5, 0.6) is 0 Å². The maximum absolute atomic E-state index is 11.6. The Kier molecular flexibility index (Phi) is 3.22. The fourth-order valence-corrected chi connectivity index (χ4v) is 1.43. The second-order valence-corrected chi connectivity index (χ2v) is 3.79.